The molecule has 186 valence electrons. The van der Waals surface area contributed by atoms with Gasteiger partial charge in [0.05, 0.1) is 0 Å². The average molecular weight is 496 g/mol. The van der Waals surface area contributed by atoms with Crippen molar-refractivity contribution in [2.24, 2.45) is 11.8 Å². The van der Waals surface area contributed by atoms with E-state index in [1.165, 1.54) is 24.4 Å². The average Bonchev–Trinajstić information content (AvgIpc) is 2.92. The molecule has 3 heterocycles. The first-order valence-electron chi connectivity index (χ1n) is 12.7. The normalized spacial score (nSPS) is 22.1. The molecule has 2 atom stereocenters. The summed E-state index contributed by atoms with van der Waals surface area (Å²) >= 11 is 0. The largest absolute Gasteiger partial charge is 0.474 e. The van der Waals surface area contributed by atoms with Crippen LogP contribution in [0.25, 0.3) is 0 Å². The number of carbonyl (C=O) groups is 1. The van der Waals surface area contributed by atoms with Crippen molar-refractivity contribution >= 4 is 15.7 Å². The maximum absolute atomic E-state index is 13.5. The Morgan fingerprint density at radius 2 is 1.80 bits per heavy atom. The van der Waals surface area contributed by atoms with Gasteiger partial charge >= 0.3 is 0 Å². The van der Waals surface area contributed by atoms with Gasteiger partial charge in [0.25, 0.3) is 5.91 Å². The van der Waals surface area contributed by atoms with E-state index in [9.17, 15) is 13.2 Å². The number of ether oxygens (including phenoxy) is 1. The number of benzene rings is 1. The number of sulfone groups is 1. The summed E-state index contributed by atoms with van der Waals surface area (Å²) in [6.07, 6.45) is 10.7. The molecule has 0 bridgehead atoms. The second kappa shape index (κ2) is 10.5. The molecule has 1 aromatic heterocycles. The number of piperidine rings is 2. The Balaban J connectivity index is 1.36. The molecule has 0 radical (unpaired) electrons. The number of nitrogens with zero attached hydrogens (tertiary/aromatic N) is 2. The SMILES string of the molecule is O=C(c1ccc(OC(C2CCNCC2)S(=O)(=O)c2ccccn2)cc1)N1CCCC2CCCC=C21. The molecule has 8 heteroatoms. The number of amides is 1. The van der Waals surface area contributed by atoms with Crippen LogP contribution in [0.4, 0.5) is 0 Å². The predicted molar refractivity (Wildman–Crippen MR) is 134 cm³/mol. The van der Waals surface area contributed by atoms with Crippen molar-refractivity contribution in [3.05, 3.63) is 66.0 Å². The first-order chi connectivity index (χ1) is 17.0. The molecule has 7 nitrogen and oxygen atoms in total. The van der Waals surface area contributed by atoms with E-state index >= 15 is 0 Å². The van der Waals surface area contributed by atoms with E-state index in [-0.39, 0.29) is 16.9 Å². The molecule has 3 aliphatic rings. The standard InChI is InChI=1S/C27H33N3O4S/c31-26(30-19-5-7-20-6-1-2-8-24(20)30)21-10-12-23(13-11-21)34-27(22-14-17-28-18-15-22)35(32,33)25-9-3-4-16-29-25/h3-4,8-13,16,20,22,27-28H,1-2,5-7,14-15,17-19H2. The maximum atomic E-state index is 13.5. The third kappa shape index (κ3) is 5.14. The highest BCUT2D eigenvalue weighted by Crippen LogP contribution is 2.36. The van der Waals surface area contributed by atoms with E-state index in [1.54, 1.807) is 36.4 Å². The number of fused-ring (bicyclic) bond motifs is 1. The van der Waals surface area contributed by atoms with Crippen LogP contribution in [-0.4, -0.2) is 49.3 Å². The van der Waals surface area contributed by atoms with Crippen LogP contribution >= 0.6 is 0 Å². The zero-order chi connectivity index (χ0) is 24.3. The van der Waals surface area contributed by atoms with Crippen LogP contribution in [-0.2, 0) is 9.84 Å². The van der Waals surface area contributed by atoms with Crippen LogP contribution < -0.4 is 10.1 Å². The topological polar surface area (TPSA) is 88.6 Å². The Hall–Kier alpha value is -2.71. The van der Waals surface area contributed by atoms with Gasteiger partial charge in [-0.2, -0.15) is 0 Å². The van der Waals surface area contributed by atoms with Gasteiger partial charge in [0, 0.05) is 29.9 Å². The zero-order valence-electron chi connectivity index (χ0n) is 19.9. The lowest BCUT2D eigenvalue weighted by Gasteiger charge is -2.38. The molecular formula is C27H33N3O4S. The molecule has 2 aliphatic heterocycles. The molecule has 2 saturated heterocycles. The maximum Gasteiger partial charge on any atom is 0.258 e. The lowest BCUT2D eigenvalue weighted by molar-refractivity contribution is 0.0748. The number of hydrogen-bond acceptors (Lipinski definition) is 6. The zero-order valence-corrected chi connectivity index (χ0v) is 20.8. The van der Waals surface area contributed by atoms with Crippen LogP contribution in [0, 0.1) is 11.8 Å². The van der Waals surface area contributed by atoms with E-state index in [1.807, 2.05) is 4.90 Å². The first kappa shape index (κ1) is 24.0. The van der Waals surface area contributed by atoms with Crippen molar-refractivity contribution in [1.29, 1.82) is 0 Å². The van der Waals surface area contributed by atoms with Crippen molar-refractivity contribution in [3.63, 3.8) is 0 Å². The van der Waals surface area contributed by atoms with Gasteiger partial charge in [0.1, 0.15) is 5.75 Å². The van der Waals surface area contributed by atoms with Crippen LogP contribution in [0.2, 0.25) is 0 Å². The van der Waals surface area contributed by atoms with Gasteiger partial charge in [-0.15, -0.1) is 0 Å². The lowest BCUT2D eigenvalue weighted by Crippen LogP contribution is -2.41. The third-order valence-electron chi connectivity index (χ3n) is 7.38. The van der Waals surface area contributed by atoms with Gasteiger partial charge in [-0.3, -0.25) is 4.79 Å². The van der Waals surface area contributed by atoms with E-state index in [0.717, 1.165) is 45.3 Å². The van der Waals surface area contributed by atoms with Crippen molar-refractivity contribution in [1.82, 2.24) is 15.2 Å². The molecule has 2 aromatic rings. The van der Waals surface area contributed by atoms with Gasteiger partial charge in [-0.25, -0.2) is 13.4 Å². The Labute approximate surface area is 207 Å². The van der Waals surface area contributed by atoms with Crippen molar-refractivity contribution in [2.45, 2.75) is 55.4 Å². The minimum Gasteiger partial charge on any atom is -0.474 e. The summed E-state index contributed by atoms with van der Waals surface area (Å²) in [5.41, 5.74) is 0.743. The molecule has 1 N–H and O–H groups in total. The fourth-order valence-electron chi connectivity index (χ4n) is 5.53. The highest BCUT2D eigenvalue weighted by molar-refractivity contribution is 7.91. The summed E-state index contributed by atoms with van der Waals surface area (Å²) in [7, 11) is -3.80. The summed E-state index contributed by atoms with van der Waals surface area (Å²) in [6, 6.07) is 11.8. The second-order valence-corrected chi connectivity index (χ2v) is 11.6. The molecule has 35 heavy (non-hydrogen) atoms. The number of pyridine rings is 1. The fraction of sp³-hybridized carbons (Fsp3) is 0.481. The number of allylic oxidation sites excluding steroid dienone is 2. The molecule has 2 fully saturated rings. The van der Waals surface area contributed by atoms with Crippen molar-refractivity contribution in [3.8, 4) is 5.75 Å². The molecule has 1 aromatic carbocycles. The smallest absolute Gasteiger partial charge is 0.258 e. The molecule has 0 saturated carbocycles. The van der Waals surface area contributed by atoms with Crippen LogP contribution in [0.3, 0.4) is 0 Å². The Morgan fingerprint density at radius 3 is 2.54 bits per heavy atom. The number of aromatic nitrogens is 1. The van der Waals surface area contributed by atoms with E-state index in [4.69, 9.17) is 4.74 Å². The summed E-state index contributed by atoms with van der Waals surface area (Å²) in [5.74, 6) is 0.795. The number of nitrogens with one attached hydrogen (secondary N) is 1. The summed E-state index contributed by atoms with van der Waals surface area (Å²) in [5, 5.41) is 3.31. The van der Waals surface area contributed by atoms with Gasteiger partial charge in [0.2, 0.25) is 15.3 Å². The number of hydrogen-bond donors (Lipinski definition) is 1. The Morgan fingerprint density at radius 1 is 1.03 bits per heavy atom. The van der Waals surface area contributed by atoms with Crippen LogP contribution in [0.1, 0.15) is 55.3 Å². The number of carbonyl (C=O) groups excluding carboxylic acids is 1. The van der Waals surface area contributed by atoms with Crippen molar-refractivity contribution in [2.75, 3.05) is 19.6 Å². The molecular weight excluding hydrogens is 462 g/mol. The fourth-order valence-corrected chi connectivity index (χ4v) is 7.26. The first-order valence-corrected chi connectivity index (χ1v) is 14.2. The third-order valence-corrected chi connectivity index (χ3v) is 9.29. The molecule has 1 aliphatic carbocycles. The number of likely N-dealkylation sites (tertiary alicyclic amines) is 1. The second-order valence-electron chi connectivity index (χ2n) is 9.67. The lowest BCUT2D eigenvalue weighted by atomic mass is 9.84. The Bertz CT molecular complexity index is 1160. The molecule has 1 amide bonds. The van der Waals surface area contributed by atoms with E-state index in [0.29, 0.717) is 30.1 Å². The molecule has 0 spiro atoms. The summed E-state index contributed by atoms with van der Waals surface area (Å²) in [6.45, 7) is 2.25. The van der Waals surface area contributed by atoms with Crippen molar-refractivity contribution < 1.29 is 17.9 Å². The van der Waals surface area contributed by atoms with Crippen LogP contribution in [0.5, 0.6) is 5.75 Å². The summed E-state index contributed by atoms with van der Waals surface area (Å²) < 4.78 is 33.1. The minimum absolute atomic E-state index is 0.00501. The quantitative estimate of drug-likeness (QED) is 0.647. The van der Waals surface area contributed by atoms with E-state index < -0.39 is 15.3 Å². The summed E-state index contributed by atoms with van der Waals surface area (Å²) in [4.78, 5) is 19.3. The van der Waals surface area contributed by atoms with Crippen LogP contribution in [0.15, 0.2) is 65.5 Å². The molecule has 5 rings (SSSR count). The number of rotatable bonds is 6. The van der Waals surface area contributed by atoms with Gasteiger partial charge in [-0.05, 0) is 100 Å². The van der Waals surface area contributed by atoms with Gasteiger partial charge in [0.15, 0.2) is 5.03 Å². The highest BCUT2D eigenvalue weighted by Gasteiger charge is 2.38. The van der Waals surface area contributed by atoms with Gasteiger partial charge < -0.3 is 15.0 Å². The van der Waals surface area contributed by atoms with Gasteiger partial charge in [-0.1, -0.05) is 12.1 Å². The molecule has 2 unspecified atom stereocenters. The Kier molecular flexibility index (Phi) is 7.20. The highest BCUT2D eigenvalue weighted by atomic mass is 32.2. The van der Waals surface area contributed by atoms with E-state index in [2.05, 4.69) is 16.4 Å². The monoisotopic (exact) mass is 495 g/mol. The minimum atomic E-state index is -3.80. The predicted octanol–water partition coefficient (Wildman–Crippen LogP) is 4.18.